The van der Waals surface area contributed by atoms with Gasteiger partial charge in [0.25, 0.3) is 0 Å². The van der Waals surface area contributed by atoms with Crippen LogP contribution in [0.15, 0.2) is 12.1 Å². The topological polar surface area (TPSA) is 64.3 Å². The monoisotopic (exact) mass is 260 g/mol. The van der Waals surface area contributed by atoms with Crippen molar-refractivity contribution in [2.45, 2.75) is 6.42 Å². The molecule has 6 heteroatoms. The van der Waals surface area contributed by atoms with Crippen molar-refractivity contribution in [1.29, 1.82) is 0 Å². The van der Waals surface area contributed by atoms with Crippen molar-refractivity contribution in [2.75, 3.05) is 36.7 Å². The number of hydrogen-bond donors (Lipinski definition) is 2. The zero-order chi connectivity index (χ0) is 12.8. The molecule has 1 unspecified atom stereocenters. The van der Waals surface area contributed by atoms with Crippen LogP contribution in [-0.4, -0.2) is 29.9 Å². The van der Waals surface area contributed by atoms with Gasteiger partial charge in [-0.15, -0.1) is 0 Å². The van der Waals surface area contributed by atoms with E-state index in [9.17, 15) is 8.60 Å². The average molecular weight is 260 g/mol. The van der Waals surface area contributed by atoms with E-state index in [0.717, 1.165) is 6.42 Å². The Kier molecular flexibility index (Phi) is 5.21. The summed E-state index contributed by atoms with van der Waals surface area (Å²) < 4.78 is 29.0. The first-order valence-electron chi connectivity index (χ1n) is 5.21. The van der Waals surface area contributed by atoms with E-state index in [4.69, 9.17) is 10.5 Å². The summed E-state index contributed by atoms with van der Waals surface area (Å²) in [6.45, 7) is 0.637. The Morgan fingerprint density at radius 3 is 2.82 bits per heavy atom. The summed E-state index contributed by atoms with van der Waals surface area (Å²) in [5, 5.41) is 3.06. The van der Waals surface area contributed by atoms with E-state index in [1.54, 1.807) is 6.26 Å². The third-order valence-electron chi connectivity index (χ3n) is 2.25. The van der Waals surface area contributed by atoms with Gasteiger partial charge in [0.1, 0.15) is 0 Å². The van der Waals surface area contributed by atoms with Crippen LogP contribution in [0, 0.1) is 5.82 Å². The lowest BCUT2D eigenvalue weighted by Gasteiger charge is -2.11. The maximum atomic E-state index is 13.3. The highest BCUT2D eigenvalue weighted by molar-refractivity contribution is 7.84. The van der Waals surface area contributed by atoms with Crippen molar-refractivity contribution < 1.29 is 13.3 Å². The molecule has 0 aliphatic rings. The van der Waals surface area contributed by atoms with Gasteiger partial charge in [0, 0.05) is 41.5 Å². The smallest absolute Gasteiger partial charge is 0.167 e. The molecule has 1 rings (SSSR count). The molecule has 0 aliphatic heterocycles. The molecule has 0 heterocycles. The number of halogens is 1. The summed E-state index contributed by atoms with van der Waals surface area (Å²) >= 11 is 0. The van der Waals surface area contributed by atoms with Crippen molar-refractivity contribution >= 4 is 22.2 Å². The summed E-state index contributed by atoms with van der Waals surface area (Å²) in [5.41, 5.74) is 6.63. The van der Waals surface area contributed by atoms with Gasteiger partial charge in [0.15, 0.2) is 11.6 Å². The Bertz CT molecular complexity index is 413. The fourth-order valence-corrected chi connectivity index (χ4v) is 1.93. The number of methoxy groups -OCH3 is 1. The minimum absolute atomic E-state index is 0.153. The summed E-state index contributed by atoms with van der Waals surface area (Å²) in [5.74, 6) is 0.302. The molecule has 3 N–H and O–H groups in total. The Morgan fingerprint density at radius 2 is 2.24 bits per heavy atom. The minimum atomic E-state index is -0.794. The molecule has 0 saturated carbocycles. The van der Waals surface area contributed by atoms with Crippen LogP contribution in [0.2, 0.25) is 0 Å². The van der Waals surface area contributed by atoms with Crippen LogP contribution in [0.1, 0.15) is 6.42 Å². The number of rotatable bonds is 6. The van der Waals surface area contributed by atoms with E-state index in [-0.39, 0.29) is 5.75 Å². The van der Waals surface area contributed by atoms with Crippen LogP contribution in [0.3, 0.4) is 0 Å². The number of anilines is 2. The highest BCUT2D eigenvalue weighted by Gasteiger charge is 2.07. The molecule has 0 bridgehead atoms. The zero-order valence-electron chi connectivity index (χ0n) is 9.96. The van der Waals surface area contributed by atoms with Crippen molar-refractivity contribution in [1.82, 2.24) is 0 Å². The average Bonchev–Trinajstić information content (AvgIpc) is 2.26. The third-order valence-corrected chi connectivity index (χ3v) is 3.11. The molecular formula is C11H17FN2O2S. The van der Waals surface area contributed by atoms with Gasteiger partial charge in [0.2, 0.25) is 0 Å². The molecule has 0 saturated heterocycles. The van der Waals surface area contributed by atoms with Crippen LogP contribution in [0.4, 0.5) is 15.8 Å². The van der Waals surface area contributed by atoms with Gasteiger partial charge >= 0.3 is 0 Å². The Labute approximate surface area is 103 Å². The van der Waals surface area contributed by atoms with Crippen LogP contribution in [0.5, 0.6) is 5.75 Å². The van der Waals surface area contributed by atoms with Crippen LogP contribution in [0.25, 0.3) is 0 Å². The second-order valence-electron chi connectivity index (χ2n) is 3.63. The standard InChI is InChI=1S/C11H17FN2O2S/c1-16-11-7-10(9(13)6-8(11)12)14-4-3-5-17(2)15/h6-7,14H,3-5,13H2,1-2H3. The lowest BCUT2D eigenvalue weighted by Crippen LogP contribution is -2.08. The van der Waals surface area contributed by atoms with Crippen LogP contribution < -0.4 is 15.8 Å². The van der Waals surface area contributed by atoms with Gasteiger partial charge in [-0.25, -0.2) is 4.39 Å². The fraction of sp³-hybridized carbons (Fsp3) is 0.455. The molecule has 0 aliphatic carbocycles. The minimum Gasteiger partial charge on any atom is -0.494 e. The molecule has 0 amide bonds. The first-order valence-corrected chi connectivity index (χ1v) is 6.94. The fourth-order valence-electron chi connectivity index (χ4n) is 1.38. The Balaban J connectivity index is 2.61. The molecule has 1 atom stereocenters. The number of hydrogen-bond acceptors (Lipinski definition) is 4. The van der Waals surface area contributed by atoms with E-state index in [0.29, 0.717) is 23.7 Å². The van der Waals surface area contributed by atoms with Gasteiger partial charge in [0.05, 0.1) is 18.5 Å². The number of nitrogen functional groups attached to an aromatic ring is 1. The normalized spacial score (nSPS) is 12.2. The molecule has 0 spiro atoms. The lowest BCUT2D eigenvalue weighted by atomic mass is 10.2. The molecule has 4 nitrogen and oxygen atoms in total. The van der Waals surface area contributed by atoms with Gasteiger partial charge in [-0.3, -0.25) is 4.21 Å². The molecule has 0 fully saturated rings. The van der Waals surface area contributed by atoms with Crippen molar-refractivity contribution in [3.63, 3.8) is 0 Å². The molecule has 1 aromatic carbocycles. The first kappa shape index (κ1) is 13.8. The van der Waals surface area contributed by atoms with Gasteiger partial charge in [-0.05, 0) is 6.42 Å². The molecular weight excluding hydrogens is 243 g/mol. The van der Waals surface area contributed by atoms with E-state index in [2.05, 4.69) is 5.32 Å². The number of benzene rings is 1. The zero-order valence-corrected chi connectivity index (χ0v) is 10.8. The quantitative estimate of drug-likeness (QED) is 0.602. The van der Waals surface area contributed by atoms with Crippen LogP contribution in [-0.2, 0) is 10.8 Å². The van der Waals surface area contributed by atoms with E-state index >= 15 is 0 Å². The largest absolute Gasteiger partial charge is 0.494 e. The van der Waals surface area contributed by atoms with E-state index in [1.807, 2.05) is 0 Å². The molecule has 1 aromatic rings. The highest BCUT2D eigenvalue weighted by Crippen LogP contribution is 2.27. The lowest BCUT2D eigenvalue weighted by molar-refractivity contribution is 0.387. The first-order chi connectivity index (χ1) is 8.04. The maximum Gasteiger partial charge on any atom is 0.167 e. The second kappa shape index (κ2) is 6.44. The predicted molar refractivity (Wildman–Crippen MR) is 69.4 cm³/mol. The van der Waals surface area contributed by atoms with Crippen molar-refractivity contribution in [2.24, 2.45) is 0 Å². The van der Waals surface area contributed by atoms with E-state index in [1.165, 1.54) is 19.2 Å². The second-order valence-corrected chi connectivity index (χ2v) is 5.19. The number of nitrogens with two attached hydrogens (primary N) is 1. The molecule has 0 aromatic heterocycles. The molecule has 17 heavy (non-hydrogen) atoms. The van der Waals surface area contributed by atoms with Crippen molar-refractivity contribution in [3.05, 3.63) is 17.9 Å². The Morgan fingerprint density at radius 1 is 1.53 bits per heavy atom. The Hall–Kier alpha value is -1.30. The van der Waals surface area contributed by atoms with Gasteiger partial charge in [-0.1, -0.05) is 0 Å². The summed E-state index contributed by atoms with van der Waals surface area (Å²) in [4.78, 5) is 0. The van der Waals surface area contributed by atoms with Gasteiger partial charge < -0.3 is 15.8 Å². The maximum absolute atomic E-state index is 13.3. The summed E-state index contributed by atoms with van der Waals surface area (Å²) in [6, 6.07) is 2.74. The third kappa shape index (κ3) is 4.22. The number of ether oxygens (including phenoxy) is 1. The predicted octanol–water partition coefficient (Wildman–Crippen LogP) is 1.60. The van der Waals surface area contributed by atoms with Gasteiger partial charge in [-0.2, -0.15) is 0 Å². The van der Waals surface area contributed by atoms with Crippen molar-refractivity contribution in [3.8, 4) is 5.75 Å². The van der Waals surface area contributed by atoms with E-state index < -0.39 is 16.6 Å². The summed E-state index contributed by atoms with van der Waals surface area (Å²) in [6.07, 6.45) is 2.43. The SMILES string of the molecule is COc1cc(NCCCS(C)=O)c(N)cc1F. The summed E-state index contributed by atoms with van der Waals surface area (Å²) in [7, 11) is 0.607. The number of nitrogens with one attached hydrogen (secondary N) is 1. The molecule has 96 valence electrons. The van der Waals surface area contributed by atoms with Crippen LogP contribution >= 0.6 is 0 Å². The highest BCUT2D eigenvalue weighted by atomic mass is 32.2. The molecule has 0 radical (unpaired) electrons.